The first-order valence-corrected chi connectivity index (χ1v) is 5.62. The van der Waals surface area contributed by atoms with Crippen molar-refractivity contribution in [1.29, 1.82) is 0 Å². The van der Waals surface area contributed by atoms with Crippen molar-refractivity contribution in [2.24, 2.45) is 0 Å². The van der Waals surface area contributed by atoms with Crippen LogP contribution < -0.4 is 0 Å². The van der Waals surface area contributed by atoms with E-state index in [0.717, 1.165) is 6.42 Å². The molecule has 0 saturated carbocycles. The summed E-state index contributed by atoms with van der Waals surface area (Å²) in [7, 11) is -3.13. The van der Waals surface area contributed by atoms with Crippen molar-refractivity contribution >= 4 is 10.0 Å². The van der Waals surface area contributed by atoms with E-state index in [9.17, 15) is 8.42 Å². The minimum atomic E-state index is -3.13. The van der Waals surface area contributed by atoms with Crippen molar-refractivity contribution < 1.29 is 13.5 Å². The second-order valence-corrected chi connectivity index (χ2v) is 5.77. The number of aliphatic hydroxyl groups excluding tert-OH is 1. The topological polar surface area (TPSA) is 57.6 Å². The molecule has 1 N–H and O–H groups in total. The van der Waals surface area contributed by atoms with Gasteiger partial charge in [-0.15, -0.1) is 0 Å². The van der Waals surface area contributed by atoms with Crippen LogP contribution in [0.15, 0.2) is 0 Å². The van der Waals surface area contributed by atoms with E-state index < -0.39 is 10.0 Å². The lowest BCUT2D eigenvalue weighted by Gasteiger charge is -2.39. The zero-order valence-corrected chi connectivity index (χ0v) is 8.21. The molecule has 0 radical (unpaired) electrons. The standard InChI is InChI=1S/C7H15NO3S/c1-6(2)12(10,11)8-4-3-7(8)5-9/h6-7,9H,3-5H2,1-2H3. The monoisotopic (exact) mass is 193 g/mol. The number of nitrogens with zero attached hydrogens (tertiary/aromatic N) is 1. The fourth-order valence-corrected chi connectivity index (χ4v) is 2.69. The van der Waals surface area contributed by atoms with E-state index in [0.29, 0.717) is 6.54 Å². The third-order valence-electron chi connectivity index (χ3n) is 2.22. The fourth-order valence-electron chi connectivity index (χ4n) is 1.21. The van der Waals surface area contributed by atoms with Gasteiger partial charge in [0.25, 0.3) is 0 Å². The molecule has 4 nitrogen and oxygen atoms in total. The molecule has 0 amide bonds. The molecule has 1 unspecified atom stereocenters. The van der Waals surface area contributed by atoms with Crippen molar-refractivity contribution in [3.05, 3.63) is 0 Å². The highest BCUT2D eigenvalue weighted by Crippen LogP contribution is 2.23. The van der Waals surface area contributed by atoms with Gasteiger partial charge in [-0.25, -0.2) is 8.42 Å². The Labute approximate surface area is 73.2 Å². The highest BCUT2D eigenvalue weighted by atomic mass is 32.2. The molecule has 0 aromatic heterocycles. The van der Waals surface area contributed by atoms with Gasteiger partial charge in [0.1, 0.15) is 0 Å². The second kappa shape index (κ2) is 3.32. The van der Waals surface area contributed by atoms with Crippen molar-refractivity contribution in [2.45, 2.75) is 31.6 Å². The van der Waals surface area contributed by atoms with Gasteiger partial charge in [-0.3, -0.25) is 0 Å². The van der Waals surface area contributed by atoms with Gasteiger partial charge in [0.05, 0.1) is 11.9 Å². The molecule has 0 aromatic rings. The average Bonchev–Trinajstić information content (AvgIpc) is 1.84. The van der Waals surface area contributed by atoms with Gasteiger partial charge in [0.15, 0.2) is 0 Å². The molecule has 12 heavy (non-hydrogen) atoms. The smallest absolute Gasteiger partial charge is 0.216 e. The predicted molar refractivity (Wildman–Crippen MR) is 46.3 cm³/mol. The normalized spacial score (nSPS) is 25.8. The van der Waals surface area contributed by atoms with E-state index in [1.165, 1.54) is 4.31 Å². The van der Waals surface area contributed by atoms with Crippen LogP contribution >= 0.6 is 0 Å². The molecule has 1 fully saturated rings. The van der Waals surface area contributed by atoms with Crippen LogP contribution in [-0.2, 0) is 10.0 Å². The summed E-state index contributed by atoms with van der Waals surface area (Å²) in [5.41, 5.74) is 0. The van der Waals surface area contributed by atoms with Crippen LogP contribution in [0.5, 0.6) is 0 Å². The first-order chi connectivity index (χ1) is 5.50. The molecule has 0 aromatic carbocycles. The fraction of sp³-hybridized carbons (Fsp3) is 1.00. The Balaban J connectivity index is 2.71. The first kappa shape index (κ1) is 9.95. The molecule has 0 aliphatic carbocycles. The number of hydrogen-bond donors (Lipinski definition) is 1. The Hall–Kier alpha value is -0.130. The Morgan fingerprint density at radius 3 is 2.42 bits per heavy atom. The van der Waals surface area contributed by atoms with Gasteiger partial charge in [0, 0.05) is 12.6 Å². The molecule has 1 heterocycles. The molecular weight excluding hydrogens is 178 g/mol. The number of hydrogen-bond acceptors (Lipinski definition) is 3. The third-order valence-corrected chi connectivity index (χ3v) is 4.55. The maximum Gasteiger partial charge on any atom is 0.216 e. The number of aliphatic hydroxyl groups is 1. The van der Waals surface area contributed by atoms with Crippen LogP contribution in [0.1, 0.15) is 20.3 Å². The third kappa shape index (κ3) is 1.48. The molecule has 5 heteroatoms. The summed E-state index contributed by atoms with van der Waals surface area (Å²) in [4.78, 5) is 0. The van der Waals surface area contributed by atoms with Gasteiger partial charge in [-0.05, 0) is 20.3 Å². The van der Waals surface area contributed by atoms with Crippen molar-refractivity contribution in [2.75, 3.05) is 13.2 Å². The van der Waals surface area contributed by atoms with Crippen LogP contribution in [0, 0.1) is 0 Å². The van der Waals surface area contributed by atoms with E-state index in [2.05, 4.69) is 0 Å². The highest BCUT2D eigenvalue weighted by Gasteiger charge is 2.38. The zero-order valence-electron chi connectivity index (χ0n) is 7.40. The molecule has 1 atom stereocenters. The Bertz CT molecular complexity index is 245. The van der Waals surface area contributed by atoms with Crippen LogP contribution in [0.4, 0.5) is 0 Å². The summed E-state index contributed by atoms with van der Waals surface area (Å²) in [5.74, 6) is 0. The van der Waals surface area contributed by atoms with Crippen molar-refractivity contribution in [3.8, 4) is 0 Å². The summed E-state index contributed by atoms with van der Waals surface area (Å²) >= 11 is 0. The lowest BCUT2D eigenvalue weighted by Crippen LogP contribution is -2.54. The summed E-state index contributed by atoms with van der Waals surface area (Å²) in [6, 6.07) is -0.169. The van der Waals surface area contributed by atoms with E-state index in [1.54, 1.807) is 13.8 Å². The number of rotatable bonds is 3. The summed E-state index contributed by atoms with van der Waals surface area (Å²) in [5, 5.41) is 8.41. The van der Waals surface area contributed by atoms with Crippen LogP contribution in [-0.4, -0.2) is 42.3 Å². The van der Waals surface area contributed by atoms with Crippen LogP contribution in [0.25, 0.3) is 0 Å². The lowest BCUT2D eigenvalue weighted by molar-refractivity contribution is 0.115. The Morgan fingerprint density at radius 2 is 2.17 bits per heavy atom. The SMILES string of the molecule is CC(C)S(=O)(=O)N1CCC1CO. The molecule has 1 rings (SSSR count). The first-order valence-electron chi connectivity index (χ1n) is 4.11. The Morgan fingerprint density at radius 1 is 1.58 bits per heavy atom. The summed E-state index contributed by atoms with van der Waals surface area (Å²) in [6.45, 7) is 3.81. The van der Waals surface area contributed by atoms with E-state index in [4.69, 9.17) is 5.11 Å². The van der Waals surface area contributed by atoms with Crippen LogP contribution in [0.3, 0.4) is 0 Å². The van der Waals surface area contributed by atoms with E-state index in [1.807, 2.05) is 0 Å². The van der Waals surface area contributed by atoms with Gasteiger partial charge >= 0.3 is 0 Å². The molecule has 72 valence electrons. The summed E-state index contributed by atoms with van der Waals surface area (Å²) < 4.78 is 24.4. The molecule has 1 aliphatic rings. The average molecular weight is 193 g/mol. The maximum atomic E-state index is 11.5. The summed E-state index contributed by atoms with van der Waals surface area (Å²) in [6.07, 6.45) is 0.780. The quantitative estimate of drug-likeness (QED) is 0.675. The predicted octanol–water partition coefficient (Wildman–Crippen LogP) is -0.209. The van der Waals surface area contributed by atoms with E-state index >= 15 is 0 Å². The van der Waals surface area contributed by atoms with Gasteiger partial charge < -0.3 is 5.11 Å². The van der Waals surface area contributed by atoms with Crippen molar-refractivity contribution in [3.63, 3.8) is 0 Å². The molecule has 0 bridgehead atoms. The molecule has 1 saturated heterocycles. The maximum absolute atomic E-state index is 11.5. The second-order valence-electron chi connectivity index (χ2n) is 3.33. The minimum absolute atomic E-state index is 0.0635. The van der Waals surface area contributed by atoms with Gasteiger partial charge in [0.2, 0.25) is 10.0 Å². The highest BCUT2D eigenvalue weighted by molar-refractivity contribution is 7.89. The van der Waals surface area contributed by atoms with Gasteiger partial charge in [-0.1, -0.05) is 0 Å². The zero-order chi connectivity index (χ0) is 9.35. The largest absolute Gasteiger partial charge is 0.395 e. The lowest BCUT2D eigenvalue weighted by atomic mass is 10.1. The minimum Gasteiger partial charge on any atom is -0.395 e. The Kier molecular flexibility index (Phi) is 2.75. The van der Waals surface area contributed by atoms with Crippen molar-refractivity contribution in [1.82, 2.24) is 4.31 Å². The molecular formula is C7H15NO3S. The van der Waals surface area contributed by atoms with Crippen LogP contribution in [0.2, 0.25) is 0 Å². The van der Waals surface area contributed by atoms with Gasteiger partial charge in [-0.2, -0.15) is 4.31 Å². The molecule has 0 spiro atoms. The van der Waals surface area contributed by atoms with E-state index in [-0.39, 0.29) is 17.9 Å². The number of sulfonamides is 1. The molecule has 1 aliphatic heterocycles.